The Morgan fingerprint density at radius 1 is 1.27 bits per heavy atom. The quantitative estimate of drug-likeness (QED) is 0.511. The molecule has 0 fully saturated rings. The Bertz CT molecular complexity index is 504. The summed E-state index contributed by atoms with van der Waals surface area (Å²) in [6, 6.07) is 7.19. The zero-order chi connectivity index (χ0) is 10.5. The number of aromatic nitrogens is 2. The van der Waals surface area contributed by atoms with Gasteiger partial charge in [-0.3, -0.25) is 4.79 Å². The molecule has 1 heterocycles. The Hall–Kier alpha value is -2.41. The molecule has 2 rings (SSSR count). The van der Waals surface area contributed by atoms with E-state index < -0.39 is 0 Å². The van der Waals surface area contributed by atoms with Gasteiger partial charge in [-0.25, -0.2) is 0 Å². The molecule has 2 aromatic rings. The molecule has 15 heavy (non-hydrogen) atoms. The number of carbonyl (C=O) groups excluding carboxylic acids is 1. The molecule has 0 atom stereocenters. The van der Waals surface area contributed by atoms with Crippen molar-refractivity contribution in [3.63, 3.8) is 0 Å². The van der Waals surface area contributed by atoms with Crippen molar-refractivity contribution in [3.05, 3.63) is 36.2 Å². The molecule has 0 spiro atoms. The highest BCUT2D eigenvalue weighted by Gasteiger charge is 2.01. The van der Waals surface area contributed by atoms with Crippen molar-refractivity contribution in [2.45, 2.75) is 0 Å². The fraction of sp³-hybridized carbons (Fsp3) is 0. The number of hydrogen-bond donors (Lipinski definition) is 0. The van der Waals surface area contributed by atoms with Gasteiger partial charge in [-0.05, 0) is 30.2 Å². The van der Waals surface area contributed by atoms with Crippen LogP contribution in [0, 0.1) is 11.8 Å². The Morgan fingerprint density at radius 3 is 2.67 bits per heavy atom. The predicted molar refractivity (Wildman–Crippen MR) is 52.7 cm³/mol. The molecule has 0 N–H and O–H groups in total. The minimum atomic E-state index is 0.463. The van der Waals surface area contributed by atoms with Crippen molar-refractivity contribution in [2.75, 3.05) is 0 Å². The molecule has 0 saturated carbocycles. The molecule has 4 heteroatoms. The average Bonchev–Trinajstić information content (AvgIpc) is 2.80. The number of benzene rings is 1. The molecule has 0 radical (unpaired) electrons. The lowest BCUT2D eigenvalue weighted by Gasteiger charge is -1.93. The summed E-state index contributed by atoms with van der Waals surface area (Å²) in [5, 5.41) is 3.51. The highest BCUT2D eigenvalue weighted by atomic mass is 16.5. The van der Waals surface area contributed by atoms with Crippen LogP contribution in [0.5, 0.6) is 0 Å². The second kappa shape index (κ2) is 4.20. The summed E-state index contributed by atoms with van der Waals surface area (Å²) < 4.78 is 4.89. The third-order valence-electron chi connectivity index (χ3n) is 1.77. The maximum absolute atomic E-state index is 10.0. The van der Waals surface area contributed by atoms with E-state index in [0.717, 1.165) is 11.1 Å². The molecule has 1 aromatic carbocycles. The highest BCUT2D eigenvalue weighted by molar-refractivity contribution is 5.74. The van der Waals surface area contributed by atoms with E-state index in [1.807, 2.05) is 12.1 Å². The van der Waals surface area contributed by atoms with Crippen LogP contribution < -0.4 is 0 Å². The zero-order valence-electron chi connectivity index (χ0n) is 7.68. The Balaban J connectivity index is 2.28. The van der Waals surface area contributed by atoms with E-state index in [0.29, 0.717) is 12.2 Å². The van der Waals surface area contributed by atoms with Crippen LogP contribution in [0.4, 0.5) is 0 Å². The molecule has 0 aliphatic carbocycles. The third kappa shape index (κ3) is 2.09. The molecule has 4 nitrogen and oxygen atoms in total. The van der Waals surface area contributed by atoms with E-state index in [1.54, 1.807) is 12.1 Å². The van der Waals surface area contributed by atoms with Gasteiger partial charge in [0.25, 0.3) is 5.89 Å². The molecule has 0 aliphatic heterocycles. The maximum atomic E-state index is 10.0. The minimum absolute atomic E-state index is 0.463. The summed E-state index contributed by atoms with van der Waals surface area (Å²) in [6.07, 6.45) is 1.90. The SMILES string of the molecule is O=CC#Cc1ccc(-c2ncno2)cc1. The lowest BCUT2D eigenvalue weighted by atomic mass is 10.1. The lowest BCUT2D eigenvalue weighted by Crippen LogP contribution is -1.78. The average molecular weight is 198 g/mol. The summed E-state index contributed by atoms with van der Waals surface area (Å²) in [6.45, 7) is 0. The van der Waals surface area contributed by atoms with Gasteiger partial charge in [0.2, 0.25) is 0 Å². The van der Waals surface area contributed by atoms with E-state index in [2.05, 4.69) is 22.0 Å². The number of rotatable bonds is 1. The number of aldehydes is 1. The van der Waals surface area contributed by atoms with Crippen molar-refractivity contribution in [3.8, 4) is 23.3 Å². The van der Waals surface area contributed by atoms with Crippen LogP contribution in [0.1, 0.15) is 5.56 Å². The number of hydrogen-bond acceptors (Lipinski definition) is 4. The Labute approximate surface area is 85.9 Å². The fourth-order valence-corrected chi connectivity index (χ4v) is 1.11. The van der Waals surface area contributed by atoms with Gasteiger partial charge >= 0.3 is 0 Å². The maximum Gasteiger partial charge on any atom is 0.257 e. The van der Waals surface area contributed by atoms with E-state index in [-0.39, 0.29) is 0 Å². The van der Waals surface area contributed by atoms with Crippen molar-refractivity contribution < 1.29 is 9.32 Å². The van der Waals surface area contributed by atoms with Crippen LogP contribution >= 0.6 is 0 Å². The van der Waals surface area contributed by atoms with Crippen molar-refractivity contribution in [1.82, 2.24) is 10.1 Å². The highest BCUT2D eigenvalue weighted by Crippen LogP contribution is 2.15. The molecular weight excluding hydrogens is 192 g/mol. The first-order valence-corrected chi connectivity index (χ1v) is 4.22. The van der Waals surface area contributed by atoms with Crippen LogP contribution in [-0.2, 0) is 4.79 Å². The second-order valence-corrected chi connectivity index (χ2v) is 2.71. The molecule has 0 saturated heterocycles. The van der Waals surface area contributed by atoms with Crippen molar-refractivity contribution >= 4 is 6.29 Å². The molecule has 72 valence electrons. The Morgan fingerprint density at radius 2 is 2.07 bits per heavy atom. The van der Waals surface area contributed by atoms with Gasteiger partial charge in [0.15, 0.2) is 12.6 Å². The molecule has 1 aromatic heterocycles. The summed E-state index contributed by atoms with van der Waals surface area (Å²) in [5.41, 5.74) is 1.59. The zero-order valence-corrected chi connectivity index (χ0v) is 7.68. The van der Waals surface area contributed by atoms with Gasteiger partial charge in [0.1, 0.15) is 0 Å². The van der Waals surface area contributed by atoms with Crippen LogP contribution in [0.2, 0.25) is 0 Å². The standard InChI is InChI=1S/C11H6N2O2/c14-7-1-2-9-3-5-10(6-4-9)11-12-8-13-15-11/h3-8H. The van der Waals surface area contributed by atoms with Crippen LogP contribution in [0.25, 0.3) is 11.5 Å². The third-order valence-corrected chi connectivity index (χ3v) is 1.77. The van der Waals surface area contributed by atoms with Crippen LogP contribution in [0.15, 0.2) is 35.1 Å². The van der Waals surface area contributed by atoms with E-state index in [9.17, 15) is 4.79 Å². The van der Waals surface area contributed by atoms with Gasteiger partial charge in [0, 0.05) is 11.1 Å². The Kier molecular flexibility index (Phi) is 2.56. The van der Waals surface area contributed by atoms with Gasteiger partial charge in [-0.1, -0.05) is 11.1 Å². The van der Waals surface area contributed by atoms with Gasteiger partial charge < -0.3 is 4.52 Å². The topological polar surface area (TPSA) is 56.0 Å². The van der Waals surface area contributed by atoms with E-state index in [4.69, 9.17) is 4.52 Å². The molecular formula is C11H6N2O2. The molecule has 0 bridgehead atoms. The molecule has 0 unspecified atom stereocenters. The van der Waals surface area contributed by atoms with Crippen molar-refractivity contribution in [2.24, 2.45) is 0 Å². The summed E-state index contributed by atoms with van der Waals surface area (Å²) in [5.74, 6) is 5.48. The summed E-state index contributed by atoms with van der Waals surface area (Å²) >= 11 is 0. The first-order valence-electron chi connectivity index (χ1n) is 4.22. The first kappa shape index (κ1) is 9.16. The van der Waals surface area contributed by atoms with E-state index >= 15 is 0 Å². The summed E-state index contributed by atoms with van der Waals surface area (Å²) in [4.78, 5) is 13.9. The predicted octanol–water partition coefficient (Wildman–Crippen LogP) is 1.29. The lowest BCUT2D eigenvalue weighted by molar-refractivity contribution is -0.103. The monoisotopic (exact) mass is 198 g/mol. The first-order chi connectivity index (χ1) is 7.40. The molecule has 0 amide bonds. The van der Waals surface area contributed by atoms with Crippen molar-refractivity contribution in [1.29, 1.82) is 0 Å². The van der Waals surface area contributed by atoms with E-state index in [1.165, 1.54) is 6.33 Å². The van der Waals surface area contributed by atoms with Gasteiger partial charge in [-0.15, -0.1) is 0 Å². The fourth-order valence-electron chi connectivity index (χ4n) is 1.11. The van der Waals surface area contributed by atoms with Gasteiger partial charge in [0.05, 0.1) is 0 Å². The normalized spacial score (nSPS) is 9.07. The van der Waals surface area contributed by atoms with Gasteiger partial charge in [-0.2, -0.15) is 4.98 Å². The molecule has 0 aliphatic rings. The minimum Gasteiger partial charge on any atom is -0.334 e. The largest absolute Gasteiger partial charge is 0.334 e. The smallest absolute Gasteiger partial charge is 0.257 e. The van der Waals surface area contributed by atoms with Crippen LogP contribution in [0.3, 0.4) is 0 Å². The second-order valence-electron chi connectivity index (χ2n) is 2.71. The van der Waals surface area contributed by atoms with Crippen LogP contribution in [-0.4, -0.2) is 16.4 Å². The summed E-state index contributed by atoms with van der Waals surface area (Å²) in [7, 11) is 0. The number of carbonyl (C=O) groups is 1. The number of nitrogens with zero attached hydrogens (tertiary/aromatic N) is 2.